The number of rotatable bonds is 8. The molecule has 1 unspecified atom stereocenters. The number of hydrogen-bond acceptors (Lipinski definition) is 6. The van der Waals surface area contributed by atoms with Gasteiger partial charge < -0.3 is 15.0 Å². The number of benzene rings is 2. The highest BCUT2D eigenvalue weighted by Gasteiger charge is 2.33. The Labute approximate surface area is 185 Å². The molecule has 0 radical (unpaired) electrons. The summed E-state index contributed by atoms with van der Waals surface area (Å²) in [6, 6.07) is 17.4. The van der Waals surface area contributed by atoms with Crippen LogP contribution in [0, 0.1) is 6.92 Å². The first-order chi connectivity index (χ1) is 15.1. The highest BCUT2D eigenvalue weighted by Crippen LogP contribution is 2.34. The van der Waals surface area contributed by atoms with Crippen LogP contribution in [0.2, 0.25) is 0 Å². The summed E-state index contributed by atoms with van der Waals surface area (Å²) in [5.74, 6) is 0.731. The molecule has 0 aliphatic carbocycles. The summed E-state index contributed by atoms with van der Waals surface area (Å²) in [4.78, 5) is 26.4. The first kappa shape index (κ1) is 21.0. The number of para-hydroxylation sites is 1. The van der Waals surface area contributed by atoms with Gasteiger partial charge in [-0.1, -0.05) is 47.2 Å². The number of amides is 2. The Balaban J connectivity index is 1.25. The van der Waals surface area contributed by atoms with E-state index < -0.39 is 0 Å². The van der Waals surface area contributed by atoms with Crippen LogP contribution in [0.4, 0.5) is 10.8 Å². The molecule has 0 spiro atoms. The summed E-state index contributed by atoms with van der Waals surface area (Å²) in [6.07, 6.45) is 1.34. The molecule has 0 saturated carbocycles. The maximum atomic E-state index is 12.5. The van der Waals surface area contributed by atoms with Crippen molar-refractivity contribution < 1.29 is 14.3 Å². The summed E-state index contributed by atoms with van der Waals surface area (Å²) >= 11 is 1.33. The number of carbonyl (C=O) groups is 2. The molecule has 1 atom stereocenters. The normalized spacial score (nSPS) is 15.8. The molecule has 4 rings (SSSR count). The molecule has 2 amide bonds. The van der Waals surface area contributed by atoms with E-state index in [1.165, 1.54) is 11.3 Å². The molecule has 1 aliphatic rings. The van der Waals surface area contributed by atoms with E-state index in [-0.39, 0.29) is 17.7 Å². The van der Waals surface area contributed by atoms with Crippen molar-refractivity contribution >= 4 is 34.0 Å². The fourth-order valence-electron chi connectivity index (χ4n) is 3.42. The molecule has 1 saturated heterocycles. The Kier molecular flexibility index (Phi) is 6.57. The zero-order valence-electron chi connectivity index (χ0n) is 17.3. The van der Waals surface area contributed by atoms with Crippen molar-refractivity contribution in [3.8, 4) is 5.75 Å². The number of nitrogens with one attached hydrogen (secondary N) is 1. The number of ether oxygens (including phenoxy) is 1. The summed E-state index contributed by atoms with van der Waals surface area (Å²) in [5, 5.41) is 12.3. The lowest BCUT2D eigenvalue weighted by atomic mass is 10.1. The lowest BCUT2D eigenvalue weighted by Crippen LogP contribution is -2.24. The molecule has 1 aliphatic heterocycles. The monoisotopic (exact) mass is 436 g/mol. The molecule has 2 heterocycles. The lowest BCUT2D eigenvalue weighted by Gasteiger charge is -2.16. The third-order valence-electron chi connectivity index (χ3n) is 5.07. The number of aryl methyl sites for hydroxylation is 1. The van der Waals surface area contributed by atoms with Gasteiger partial charge in [0, 0.05) is 31.0 Å². The number of anilines is 2. The average Bonchev–Trinajstić information content (AvgIpc) is 3.39. The van der Waals surface area contributed by atoms with Crippen molar-refractivity contribution in [1.29, 1.82) is 0 Å². The van der Waals surface area contributed by atoms with Gasteiger partial charge in [0.15, 0.2) is 0 Å². The van der Waals surface area contributed by atoms with E-state index in [2.05, 4.69) is 15.5 Å². The topological polar surface area (TPSA) is 84.4 Å². The summed E-state index contributed by atoms with van der Waals surface area (Å²) in [6.45, 7) is 3.06. The van der Waals surface area contributed by atoms with Gasteiger partial charge in [0.2, 0.25) is 16.9 Å². The maximum Gasteiger partial charge on any atom is 0.227 e. The fourth-order valence-corrected chi connectivity index (χ4v) is 4.27. The first-order valence-electron chi connectivity index (χ1n) is 10.3. The van der Waals surface area contributed by atoms with E-state index in [9.17, 15) is 9.59 Å². The maximum absolute atomic E-state index is 12.5. The Morgan fingerprint density at radius 3 is 2.71 bits per heavy atom. The third kappa shape index (κ3) is 5.46. The van der Waals surface area contributed by atoms with Crippen molar-refractivity contribution in [3.63, 3.8) is 0 Å². The van der Waals surface area contributed by atoms with Crippen LogP contribution in [0.25, 0.3) is 0 Å². The van der Waals surface area contributed by atoms with Crippen LogP contribution in [-0.4, -0.2) is 35.2 Å². The highest BCUT2D eigenvalue weighted by molar-refractivity contribution is 7.15. The van der Waals surface area contributed by atoms with E-state index in [4.69, 9.17) is 4.74 Å². The minimum absolute atomic E-state index is 0.0174. The van der Waals surface area contributed by atoms with E-state index >= 15 is 0 Å². The molecule has 1 aromatic heterocycles. The minimum Gasteiger partial charge on any atom is -0.494 e. The van der Waals surface area contributed by atoms with E-state index in [1.807, 2.05) is 61.5 Å². The van der Waals surface area contributed by atoms with Crippen LogP contribution in [0.1, 0.15) is 35.8 Å². The van der Waals surface area contributed by atoms with Crippen molar-refractivity contribution in [2.45, 2.75) is 32.1 Å². The van der Waals surface area contributed by atoms with Crippen molar-refractivity contribution in [1.82, 2.24) is 10.2 Å². The quantitative estimate of drug-likeness (QED) is 0.536. The Bertz CT molecular complexity index is 1040. The van der Waals surface area contributed by atoms with Gasteiger partial charge in [-0.2, -0.15) is 0 Å². The van der Waals surface area contributed by atoms with Crippen LogP contribution in [0.15, 0.2) is 54.6 Å². The Morgan fingerprint density at radius 2 is 1.94 bits per heavy atom. The summed E-state index contributed by atoms with van der Waals surface area (Å²) in [7, 11) is 0. The number of carbonyl (C=O) groups excluding carboxylic acids is 2. The van der Waals surface area contributed by atoms with Gasteiger partial charge in [-0.15, -0.1) is 10.2 Å². The molecule has 160 valence electrons. The van der Waals surface area contributed by atoms with E-state index in [0.717, 1.165) is 22.0 Å². The van der Waals surface area contributed by atoms with Crippen molar-refractivity contribution in [2.75, 3.05) is 23.4 Å². The van der Waals surface area contributed by atoms with Crippen molar-refractivity contribution in [3.05, 3.63) is 65.2 Å². The molecular weight excluding hydrogens is 412 g/mol. The Morgan fingerprint density at radius 1 is 1.16 bits per heavy atom. The minimum atomic E-state index is -0.122. The largest absolute Gasteiger partial charge is 0.494 e. The zero-order valence-corrected chi connectivity index (χ0v) is 18.1. The van der Waals surface area contributed by atoms with Crippen LogP contribution in [0.3, 0.4) is 0 Å². The molecule has 1 fully saturated rings. The molecule has 31 heavy (non-hydrogen) atoms. The first-order valence-corrected chi connectivity index (χ1v) is 11.1. The van der Waals surface area contributed by atoms with Gasteiger partial charge in [-0.25, -0.2) is 0 Å². The van der Waals surface area contributed by atoms with Gasteiger partial charge in [0.05, 0.1) is 6.61 Å². The van der Waals surface area contributed by atoms with Crippen LogP contribution in [-0.2, 0) is 9.59 Å². The second kappa shape index (κ2) is 9.70. The molecule has 1 N–H and O–H groups in total. The van der Waals surface area contributed by atoms with Crippen molar-refractivity contribution in [2.24, 2.45) is 0 Å². The molecule has 2 aromatic carbocycles. The molecule has 7 nitrogen and oxygen atoms in total. The van der Waals surface area contributed by atoms with Crippen LogP contribution in [0.5, 0.6) is 5.75 Å². The average molecular weight is 437 g/mol. The highest BCUT2D eigenvalue weighted by atomic mass is 32.1. The SMILES string of the molecule is Cc1ccc(N2CC(c3nnc(NC(=O)CCCOc4ccccc4)s3)CC2=O)cc1. The predicted octanol–water partition coefficient (Wildman–Crippen LogP) is 4.16. The third-order valence-corrected chi connectivity index (χ3v) is 6.07. The summed E-state index contributed by atoms with van der Waals surface area (Å²) < 4.78 is 5.60. The number of aromatic nitrogens is 2. The second-order valence-electron chi connectivity index (χ2n) is 7.50. The van der Waals surface area contributed by atoms with Crippen LogP contribution >= 0.6 is 11.3 Å². The molecular formula is C23H24N4O3S. The van der Waals surface area contributed by atoms with Gasteiger partial charge in [-0.3, -0.25) is 9.59 Å². The van der Waals surface area contributed by atoms with Gasteiger partial charge in [-0.05, 0) is 37.6 Å². The predicted molar refractivity (Wildman–Crippen MR) is 121 cm³/mol. The molecule has 3 aromatic rings. The smallest absolute Gasteiger partial charge is 0.227 e. The van der Waals surface area contributed by atoms with Crippen LogP contribution < -0.4 is 15.0 Å². The second-order valence-corrected chi connectivity index (χ2v) is 8.51. The molecule has 0 bridgehead atoms. The van der Waals surface area contributed by atoms with E-state index in [0.29, 0.717) is 37.5 Å². The zero-order chi connectivity index (χ0) is 21.6. The Hall–Kier alpha value is -3.26. The standard InChI is InChI=1S/C23H24N4O3S/c1-16-9-11-18(12-10-16)27-15-17(14-21(27)29)22-25-26-23(31-22)24-20(28)8-5-13-30-19-6-3-2-4-7-19/h2-4,6-7,9-12,17H,5,8,13-15H2,1H3,(H,24,26,28). The number of nitrogens with zero attached hydrogens (tertiary/aromatic N) is 3. The molecule has 8 heteroatoms. The van der Waals surface area contributed by atoms with Gasteiger partial charge >= 0.3 is 0 Å². The number of hydrogen-bond donors (Lipinski definition) is 1. The fraction of sp³-hybridized carbons (Fsp3) is 0.304. The lowest BCUT2D eigenvalue weighted by molar-refractivity contribution is -0.117. The van der Waals surface area contributed by atoms with E-state index in [1.54, 1.807) is 4.90 Å². The van der Waals surface area contributed by atoms with Gasteiger partial charge in [0.25, 0.3) is 0 Å². The van der Waals surface area contributed by atoms with Gasteiger partial charge in [0.1, 0.15) is 10.8 Å². The summed E-state index contributed by atoms with van der Waals surface area (Å²) in [5.41, 5.74) is 2.05.